The molecule has 0 aromatic heterocycles. The van der Waals surface area contributed by atoms with Gasteiger partial charge in [0.1, 0.15) is 10.6 Å². The van der Waals surface area contributed by atoms with Crippen molar-refractivity contribution in [1.29, 1.82) is 0 Å². The molecule has 0 radical (unpaired) electrons. The summed E-state index contributed by atoms with van der Waals surface area (Å²) in [5, 5.41) is 1.97. The maximum Gasteiger partial charge on any atom is 0.339 e. The van der Waals surface area contributed by atoms with Gasteiger partial charge in [0.25, 0.3) is 0 Å². The first kappa shape index (κ1) is 16.0. The van der Waals surface area contributed by atoms with Gasteiger partial charge in [0, 0.05) is 4.47 Å². The topological polar surface area (TPSA) is 43.4 Å². The largest absolute Gasteiger partial charge is 0.379 e. The van der Waals surface area contributed by atoms with Crippen LogP contribution in [0.4, 0.5) is 0 Å². The van der Waals surface area contributed by atoms with Gasteiger partial charge in [-0.1, -0.05) is 46.3 Å². The van der Waals surface area contributed by atoms with Crippen LogP contribution in [-0.4, -0.2) is 8.42 Å². The quantitative estimate of drug-likeness (QED) is 0.591. The van der Waals surface area contributed by atoms with E-state index in [4.69, 9.17) is 4.18 Å². The molecule has 0 aliphatic carbocycles. The maximum atomic E-state index is 12.6. The highest BCUT2D eigenvalue weighted by molar-refractivity contribution is 9.10. The van der Waals surface area contributed by atoms with Crippen LogP contribution in [0.1, 0.15) is 11.1 Å². The van der Waals surface area contributed by atoms with Crippen molar-refractivity contribution in [2.24, 2.45) is 0 Å². The molecule has 0 aliphatic heterocycles. The van der Waals surface area contributed by atoms with Gasteiger partial charge in [0.15, 0.2) is 0 Å². The monoisotopic (exact) mass is 390 g/mol. The third-order valence-electron chi connectivity index (χ3n) is 3.65. The molecule has 0 amide bonds. The van der Waals surface area contributed by atoms with Crippen molar-refractivity contribution in [2.75, 3.05) is 0 Å². The van der Waals surface area contributed by atoms with E-state index in [0.29, 0.717) is 11.3 Å². The first-order valence-electron chi connectivity index (χ1n) is 7.07. The predicted octanol–water partition coefficient (Wildman–Crippen LogP) is 4.99. The lowest BCUT2D eigenvalue weighted by Crippen LogP contribution is -2.11. The van der Waals surface area contributed by atoms with E-state index in [2.05, 4.69) is 15.9 Å². The zero-order chi connectivity index (χ0) is 16.6. The Morgan fingerprint density at radius 2 is 1.57 bits per heavy atom. The average molecular weight is 391 g/mol. The SMILES string of the molecule is Cc1cc(S(=O)(=O)Oc2ccc3ccccc3c2)c(C)cc1Br. The van der Waals surface area contributed by atoms with E-state index in [0.717, 1.165) is 20.8 Å². The fourth-order valence-electron chi connectivity index (χ4n) is 2.41. The van der Waals surface area contributed by atoms with Crippen molar-refractivity contribution >= 4 is 36.8 Å². The molecule has 0 N–H and O–H groups in total. The first-order valence-corrected chi connectivity index (χ1v) is 9.27. The van der Waals surface area contributed by atoms with Crippen LogP contribution < -0.4 is 4.18 Å². The van der Waals surface area contributed by atoms with Crippen LogP contribution in [0.2, 0.25) is 0 Å². The molecule has 3 aromatic rings. The molecule has 3 aromatic carbocycles. The van der Waals surface area contributed by atoms with Crippen LogP contribution in [0.5, 0.6) is 5.75 Å². The summed E-state index contributed by atoms with van der Waals surface area (Å²) in [6, 6.07) is 16.4. The smallest absolute Gasteiger partial charge is 0.339 e. The minimum atomic E-state index is -3.87. The zero-order valence-electron chi connectivity index (χ0n) is 12.7. The Hall–Kier alpha value is -1.85. The summed E-state index contributed by atoms with van der Waals surface area (Å²) in [5.41, 5.74) is 1.49. The third-order valence-corrected chi connectivity index (χ3v) is 5.90. The van der Waals surface area contributed by atoms with E-state index < -0.39 is 10.1 Å². The molecule has 0 heterocycles. The molecule has 0 unspecified atom stereocenters. The number of aryl methyl sites for hydroxylation is 2. The summed E-state index contributed by atoms with van der Waals surface area (Å²) in [5.74, 6) is 0.309. The van der Waals surface area contributed by atoms with Gasteiger partial charge in [-0.3, -0.25) is 0 Å². The van der Waals surface area contributed by atoms with Gasteiger partial charge in [-0.25, -0.2) is 0 Å². The number of hydrogen-bond acceptors (Lipinski definition) is 3. The van der Waals surface area contributed by atoms with Gasteiger partial charge in [-0.05, 0) is 60.0 Å². The summed E-state index contributed by atoms with van der Waals surface area (Å²) >= 11 is 3.41. The van der Waals surface area contributed by atoms with Gasteiger partial charge in [-0.15, -0.1) is 0 Å². The van der Waals surface area contributed by atoms with Crippen LogP contribution in [-0.2, 0) is 10.1 Å². The minimum absolute atomic E-state index is 0.186. The fraction of sp³-hybridized carbons (Fsp3) is 0.111. The van der Waals surface area contributed by atoms with Crippen molar-refractivity contribution in [3.63, 3.8) is 0 Å². The van der Waals surface area contributed by atoms with E-state index in [1.54, 1.807) is 31.2 Å². The number of hydrogen-bond donors (Lipinski definition) is 0. The fourth-order valence-corrected chi connectivity index (χ4v) is 4.09. The Morgan fingerprint density at radius 1 is 0.870 bits per heavy atom. The number of halogens is 1. The lowest BCUT2D eigenvalue weighted by atomic mass is 10.1. The van der Waals surface area contributed by atoms with Gasteiger partial charge in [-0.2, -0.15) is 8.42 Å². The van der Waals surface area contributed by atoms with Gasteiger partial charge >= 0.3 is 10.1 Å². The second kappa shape index (κ2) is 5.98. The predicted molar refractivity (Wildman–Crippen MR) is 95.4 cm³/mol. The highest BCUT2D eigenvalue weighted by Gasteiger charge is 2.20. The first-order chi connectivity index (χ1) is 10.9. The minimum Gasteiger partial charge on any atom is -0.379 e. The van der Waals surface area contributed by atoms with Crippen molar-refractivity contribution in [3.05, 3.63) is 70.2 Å². The average Bonchev–Trinajstić information content (AvgIpc) is 2.50. The molecule has 5 heteroatoms. The normalized spacial score (nSPS) is 11.6. The Kier molecular flexibility index (Phi) is 4.17. The molecule has 3 rings (SSSR count). The van der Waals surface area contributed by atoms with Crippen LogP contribution in [0.15, 0.2) is 64.0 Å². The summed E-state index contributed by atoms with van der Waals surface area (Å²) in [6.07, 6.45) is 0. The highest BCUT2D eigenvalue weighted by Crippen LogP contribution is 2.28. The van der Waals surface area contributed by atoms with Crippen LogP contribution >= 0.6 is 15.9 Å². The molecule has 0 spiro atoms. The second-order valence-corrected chi connectivity index (χ2v) is 7.78. The van der Waals surface area contributed by atoms with E-state index in [-0.39, 0.29) is 4.90 Å². The van der Waals surface area contributed by atoms with Gasteiger partial charge in [0.2, 0.25) is 0 Å². The lowest BCUT2D eigenvalue weighted by molar-refractivity contribution is 0.486. The van der Waals surface area contributed by atoms with Crippen molar-refractivity contribution in [3.8, 4) is 5.75 Å². The zero-order valence-corrected chi connectivity index (χ0v) is 15.1. The van der Waals surface area contributed by atoms with Crippen molar-refractivity contribution in [2.45, 2.75) is 18.7 Å². The maximum absolute atomic E-state index is 12.6. The molecule has 23 heavy (non-hydrogen) atoms. The van der Waals surface area contributed by atoms with Crippen molar-refractivity contribution < 1.29 is 12.6 Å². The molecular formula is C18H15BrO3S. The molecular weight excluding hydrogens is 376 g/mol. The molecule has 0 atom stereocenters. The Balaban J connectivity index is 2.01. The molecule has 0 aliphatic rings. The lowest BCUT2D eigenvalue weighted by Gasteiger charge is -2.11. The summed E-state index contributed by atoms with van der Waals surface area (Å²) < 4.78 is 31.4. The molecule has 3 nitrogen and oxygen atoms in total. The van der Waals surface area contributed by atoms with E-state index in [1.165, 1.54) is 0 Å². The Labute approximate surface area is 144 Å². The van der Waals surface area contributed by atoms with E-state index in [1.807, 2.05) is 37.3 Å². The molecule has 0 saturated carbocycles. The third kappa shape index (κ3) is 3.26. The molecule has 0 saturated heterocycles. The van der Waals surface area contributed by atoms with E-state index >= 15 is 0 Å². The number of rotatable bonds is 3. The number of fused-ring (bicyclic) bond motifs is 1. The van der Waals surface area contributed by atoms with Gasteiger partial charge in [0.05, 0.1) is 0 Å². The standard InChI is InChI=1S/C18H15BrO3S/c1-12-10-18(13(2)9-17(12)19)23(20,21)22-16-8-7-14-5-3-4-6-15(14)11-16/h3-11H,1-2H3. The summed E-state index contributed by atoms with van der Waals surface area (Å²) in [6.45, 7) is 3.60. The Bertz CT molecular complexity index is 994. The number of benzene rings is 3. The van der Waals surface area contributed by atoms with Crippen LogP contribution in [0.3, 0.4) is 0 Å². The van der Waals surface area contributed by atoms with Crippen molar-refractivity contribution in [1.82, 2.24) is 0 Å². The van der Waals surface area contributed by atoms with E-state index in [9.17, 15) is 8.42 Å². The van der Waals surface area contributed by atoms with Crippen LogP contribution in [0.25, 0.3) is 10.8 Å². The van der Waals surface area contributed by atoms with Crippen LogP contribution in [0, 0.1) is 13.8 Å². The van der Waals surface area contributed by atoms with Gasteiger partial charge < -0.3 is 4.18 Å². The molecule has 118 valence electrons. The molecule has 0 bridgehead atoms. The highest BCUT2D eigenvalue weighted by atomic mass is 79.9. The Morgan fingerprint density at radius 3 is 2.30 bits per heavy atom. The molecule has 0 fully saturated rings. The second-order valence-electron chi connectivity index (χ2n) is 5.41. The summed E-state index contributed by atoms with van der Waals surface area (Å²) in [4.78, 5) is 0.186. The summed E-state index contributed by atoms with van der Waals surface area (Å²) in [7, 11) is -3.87.